The van der Waals surface area contributed by atoms with Gasteiger partial charge >= 0.3 is 0 Å². The molecule has 0 aromatic rings. The molecule has 1 amide bonds. The van der Waals surface area contributed by atoms with Crippen molar-refractivity contribution in [3.05, 3.63) is 0 Å². The standard InChI is InChI=1S/C15H28N2O3/c1-5-12-14(18)17(13(16-12)8-11(2)3)9-15(19-4)6-7-20-10-15/h11-13,16H,5-10H2,1-4H3. The highest BCUT2D eigenvalue weighted by Gasteiger charge is 2.44. The first-order valence-corrected chi connectivity index (χ1v) is 7.71. The Morgan fingerprint density at radius 3 is 2.80 bits per heavy atom. The minimum absolute atomic E-state index is 0.0463. The van der Waals surface area contributed by atoms with Crippen molar-refractivity contribution in [2.24, 2.45) is 5.92 Å². The fourth-order valence-corrected chi connectivity index (χ4v) is 3.12. The number of carbonyl (C=O) groups is 1. The highest BCUT2D eigenvalue weighted by Crippen LogP contribution is 2.28. The van der Waals surface area contributed by atoms with Crippen LogP contribution in [0.5, 0.6) is 0 Å². The van der Waals surface area contributed by atoms with Crippen LogP contribution in [0.3, 0.4) is 0 Å². The molecule has 20 heavy (non-hydrogen) atoms. The normalized spacial score (nSPS) is 34.5. The molecule has 0 radical (unpaired) electrons. The van der Waals surface area contributed by atoms with E-state index in [0.717, 1.165) is 25.9 Å². The Morgan fingerprint density at radius 2 is 2.30 bits per heavy atom. The van der Waals surface area contributed by atoms with Crippen molar-refractivity contribution < 1.29 is 14.3 Å². The molecule has 3 unspecified atom stereocenters. The lowest BCUT2D eigenvalue weighted by Gasteiger charge is -2.34. The van der Waals surface area contributed by atoms with Gasteiger partial charge in [-0.1, -0.05) is 20.8 Å². The summed E-state index contributed by atoms with van der Waals surface area (Å²) >= 11 is 0. The molecular weight excluding hydrogens is 256 g/mol. The molecule has 2 rings (SSSR count). The average molecular weight is 284 g/mol. The van der Waals surface area contributed by atoms with Gasteiger partial charge in [-0.05, 0) is 18.8 Å². The third kappa shape index (κ3) is 3.15. The number of nitrogens with zero attached hydrogens (tertiary/aromatic N) is 1. The number of amides is 1. The van der Waals surface area contributed by atoms with E-state index in [1.807, 2.05) is 4.90 Å². The maximum atomic E-state index is 12.5. The number of carbonyl (C=O) groups excluding carboxylic acids is 1. The van der Waals surface area contributed by atoms with Crippen molar-refractivity contribution in [1.82, 2.24) is 10.2 Å². The highest BCUT2D eigenvalue weighted by molar-refractivity contribution is 5.84. The van der Waals surface area contributed by atoms with Gasteiger partial charge in [-0.25, -0.2) is 0 Å². The topological polar surface area (TPSA) is 50.8 Å². The van der Waals surface area contributed by atoms with Crippen LogP contribution in [-0.2, 0) is 14.3 Å². The molecule has 2 aliphatic heterocycles. The van der Waals surface area contributed by atoms with Crippen molar-refractivity contribution in [3.63, 3.8) is 0 Å². The van der Waals surface area contributed by atoms with Gasteiger partial charge in [0.25, 0.3) is 0 Å². The lowest BCUT2D eigenvalue weighted by molar-refractivity contribution is -0.135. The molecule has 0 saturated carbocycles. The Hall–Kier alpha value is -0.650. The molecule has 5 nitrogen and oxygen atoms in total. The average Bonchev–Trinajstić information content (AvgIpc) is 2.99. The smallest absolute Gasteiger partial charge is 0.241 e. The van der Waals surface area contributed by atoms with Gasteiger partial charge in [-0.15, -0.1) is 0 Å². The first kappa shape index (κ1) is 15.7. The first-order chi connectivity index (χ1) is 9.51. The molecule has 2 fully saturated rings. The van der Waals surface area contributed by atoms with Crippen molar-refractivity contribution in [3.8, 4) is 0 Å². The predicted octanol–water partition coefficient (Wildman–Crippen LogP) is 1.37. The Balaban J connectivity index is 2.10. The second kappa shape index (κ2) is 6.41. The minimum Gasteiger partial charge on any atom is -0.378 e. The number of ether oxygens (including phenoxy) is 2. The zero-order valence-corrected chi connectivity index (χ0v) is 13.1. The summed E-state index contributed by atoms with van der Waals surface area (Å²) in [5.41, 5.74) is -0.324. The Kier molecular flexibility index (Phi) is 5.04. The summed E-state index contributed by atoms with van der Waals surface area (Å²) in [6, 6.07) is -0.0463. The van der Waals surface area contributed by atoms with Gasteiger partial charge in [0.1, 0.15) is 5.60 Å². The zero-order valence-electron chi connectivity index (χ0n) is 13.1. The fraction of sp³-hybridized carbons (Fsp3) is 0.933. The minimum atomic E-state index is -0.324. The molecule has 0 aromatic heterocycles. The number of hydrogen-bond donors (Lipinski definition) is 1. The zero-order chi connectivity index (χ0) is 14.8. The predicted molar refractivity (Wildman–Crippen MR) is 77.3 cm³/mol. The van der Waals surface area contributed by atoms with Crippen LogP contribution >= 0.6 is 0 Å². The van der Waals surface area contributed by atoms with E-state index in [0.29, 0.717) is 19.1 Å². The van der Waals surface area contributed by atoms with Crippen molar-refractivity contribution in [2.75, 3.05) is 26.9 Å². The molecule has 2 saturated heterocycles. The van der Waals surface area contributed by atoms with Gasteiger partial charge in [0, 0.05) is 20.1 Å². The van der Waals surface area contributed by atoms with Gasteiger partial charge in [-0.2, -0.15) is 0 Å². The van der Waals surface area contributed by atoms with E-state index >= 15 is 0 Å². The third-order valence-electron chi connectivity index (χ3n) is 4.41. The molecular formula is C15H28N2O3. The summed E-state index contributed by atoms with van der Waals surface area (Å²) in [5, 5.41) is 3.47. The molecule has 3 atom stereocenters. The lowest BCUT2D eigenvalue weighted by Crippen LogP contribution is -2.50. The summed E-state index contributed by atoms with van der Waals surface area (Å²) in [6.07, 6.45) is 2.79. The molecule has 2 aliphatic rings. The molecule has 2 heterocycles. The van der Waals surface area contributed by atoms with Gasteiger partial charge in [0.05, 0.1) is 25.4 Å². The van der Waals surface area contributed by atoms with E-state index in [1.165, 1.54) is 0 Å². The summed E-state index contributed by atoms with van der Waals surface area (Å²) in [5.74, 6) is 0.762. The van der Waals surface area contributed by atoms with Crippen LogP contribution in [0, 0.1) is 5.92 Å². The van der Waals surface area contributed by atoms with Gasteiger partial charge < -0.3 is 14.4 Å². The monoisotopic (exact) mass is 284 g/mol. The molecule has 0 spiro atoms. The quantitative estimate of drug-likeness (QED) is 0.800. The Labute approximate surface area is 122 Å². The number of rotatable bonds is 6. The number of methoxy groups -OCH3 is 1. The van der Waals surface area contributed by atoms with Crippen molar-refractivity contribution in [1.29, 1.82) is 0 Å². The second-order valence-corrected chi connectivity index (χ2v) is 6.43. The van der Waals surface area contributed by atoms with E-state index in [-0.39, 0.29) is 23.7 Å². The number of hydrogen-bond acceptors (Lipinski definition) is 4. The van der Waals surface area contributed by atoms with Gasteiger partial charge in [0.15, 0.2) is 0 Å². The van der Waals surface area contributed by atoms with E-state index in [2.05, 4.69) is 26.1 Å². The molecule has 1 N–H and O–H groups in total. The van der Waals surface area contributed by atoms with E-state index in [1.54, 1.807) is 7.11 Å². The van der Waals surface area contributed by atoms with Crippen LogP contribution < -0.4 is 5.32 Å². The molecule has 0 bridgehead atoms. The van der Waals surface area contributed by atoms with Crippen LogP contribution in [0.2, 0.25) is 0 Å². The Bertz CT molecular complexity index is 340. The second-order valence-electron chi connectivity index (χ2n) is 6.43. The van der Waals surface area contributed by atoms with Crippen LogP contribution in [0.15, 0.2) is 0 Å². The largest absolute Gasteiger partial charge is 0.378 e. The summed E-state index contributed by atoms with van der Waals surface area (Å²) in [4.78, 5) is 14.5. The summed E-state index contributed by atoms with van der Waals surface area (Å²) in [6.45, 7) is 8.36. The van der Waals surface area contributed by atoms with Gasteiger partial charge in [0.2, 0.25) is 5.91 Å². The SMILES string of the molecule is CCC1NC(CC(C)C)N(CC2(OC)CCOC2)C1=O. The Morgan fingerprint density at radius 1 is 1.55 bits per heavy atom. The van der Waals surface area contributed by atoms with Crippen LogP contribution in [0.25, 0.3) is 0 Å². The lowest BCUT2D eigenvalue weighted by atomic mass is 10.0. The first-order valence-electron chi connectivity index (χ1n) is 7.71. The third-order valence-corrected chi connectivity index (χ3v) is 4.41. The number of nitrogens with one attached hydrogen (secondary N) is 1. The molecule has 116 valence electrons. The fourth-order valence-electron chi connectivity index (χ4n) is 3.12. The molecule has 0 aromatic carbocycles. The maximum absolute atomic E-state index is 12.5. The highest BCUT2D eigenvalue weighted by atomic mass is 16.5. The van der Waals surface area contributed by atoms with Gasteiger partial charge in [-0.3, -0.25) is 10.1 Å². The van der Waals surface area contributed by atoms with E-state index in [9.17, 15) is 4.79 Å². The maximum Gasteiger partial charge on any atom is 0.241 e. The van der Waals surface area contributed by atoms with E-state index < -0.39 is 0 Å². The summed E-state index contributed by atoms with van der Waals surface area (Å²) < 4.78 is 11.2. The van der Waals surface area contributed by atoms with Crippen LogP contribution in [-0.4, -0.2) is 55.5 Å². The van der Waals surface area contributed by atoms with Crippen molar-refractivity contribution in [2.45, 2.75) is 57.8 Å². The summed E-state index contributed by atoms with van der Waals surface area (Å²) in [7, 11) is 1.72. The van der Waals surface area contributed by atoms with Crippen LogP contribution in [0.4, 0.5) is 0 Å². The van der Waals surface area contributed by atoms with Crippen molar-refractivity contribution >= 4 is 5.91 Å². The van der Waals surface area contributed by atoms with E-state index in [4.69, 9.17) is 9.47 Å². The molecule has 5 heteroatoms. The van der Waals surface area contributed by atoms with Crippen LogP contribution in [0.1, 0.15) is 40.0 Å². The molecule has 0 aliphatic carbocycles.